The van der Waals surface area contributed by atoms with Crippen LogP contribution in [-0.4, -0.2) is 26.2 Å². The van der Waals surface area contributed by atoms with Crippen LogP contribution in [0.25, 0.3) is 0 Å². The number of nitrogens with one attached hydrogen (secondary N) is 1. The quantitative estimate of drug-likeness (QED) is 0.843. The predicted octanol–water partition coefficient (Wildman–Crippen LogP) is 2.05. The van der Waals surface area contributed by atoms with E-state index in [1.807, 2.05) is 27.7 Å². The summed E-state index contributed by atoms with van der Waals surface area (Å²) in [4.78, 5) is 2.14. The fraction of sp³-hybridized carbons (Fsp3) is 0.667. The molecule has 0 amide bonds. The summed E-state index contributed by atoms with van der Waals surface area (Å²) in [7, 11) is -3.49. The van der Waals surface area contributed by atoms with Crippen molar-refractivity contribution < 1.29 is 13.5 Å². The van der Waals surface area contributed by atoms with E-state index in [4.69, 9.17) is 5.11 Å². The van der Waals surface area contributed by atoms with Crippen LogP contribution in [0.15, 0.2) is 11.0 Å². The first-order chi connectivity index (χ1) is 8.27. The smallest absolute Gasteiger partial charge is 0.241 e. The van der Waals surface area contributed by atoms with Gasteiger partial charge in [0, 0.05) is 22.4 Å². The van der Waals surface area contributed by atoms with E-state index in [0.717, 1.165) is 9.75 Å². The Morgan fingerprint density at radius 2 is 2.00 bits per heavy atom. The van der Waals surface area contributed by atoms with Gasteiger partial charge in [0.05, 0.1) is 4.90 Å². The van der Waals surface area contributed by atoms with Crippen LogP contribution in [0, 0.1) is 19.8 Å². The van der Waals surface area contributed by atoms with E-state index in [-0.39, 0.29) is 18.6 Å². The van der Waals surface area contributed by atoms with Gasteiger partial charge in [-0.25, -0.2) is 13.1 Å². The van der Waals surface area contributed by atoms with Gasteiger partial charge in [-0.05, 0) is 32.3 Å². The van der Waals surface area contributed by atoms with Crippen molar-refractivity contribution in [1.82, 2.24) is 4.72 Å². The highest BCUT2D eigenvalue weighted by atomic mass is 32.2. The van der Waals surface area contributed by atoms with Gasteiger partial charge in [-0.15, -0.1) is 11.3 Å². The summed E-state index contributed by atoms with van der Waals surface area (Å²) in [5.41, 5.74) is 0. The third kappa shape index (κ3) is 3.78. The van der Waals surface area contributed by atoms with Gasteiger partial charge in [-0.3, -0.25) is 0 Å². The third-order valence-electron chi connectivity index (χ3n) is 2.84. The first kappa shape index (κ1) is 15.6. The average Bonchev–Trinajstić information content (AvgIpc) is 2.57. The van der Waals surface area contributed by atoms with Crippen molar-refractivity contribution in [3.8, 4) is 0 Å². The number of hydrogen-bond acceptors (Lipinski definition) is 4. The van der Waals surface area contributed by atoms with Crippen LogP contribution in [0.1, 0.15) is 30.0 Å². The van der Waals surface area contributed by atoms with Crippen LogP contribution in [0.2, 0.25) is 0 Å². The molecule has 2 N–H and O–H groups in total. The molecular weight excluding hydrogens is 270 g/mol. The van der Waals surface area contributed by atoms with Gasteiger partial charge in [0.2, 0.25) is 10.0 Å². The van der Waals surface area contributed by atoms with Crippen molar-refractivity contribution in [1.29, 1.82) is 0 Å². The number of aryl methyl sites for hydroxylation is 2. The van der Waals surface area contributed by atoms with Crippen LogP contribution >= 0.6 is 11.3 Å². The summed E-state index contributed by atoms with van der Waals surface area (Å²) in [5, 5.41) is 8.98. The highest BCUT2D eigenvalue weighted by molar-refractivity contribution is 7.89. The van der Waals surface area contributed by atoms with Crippen LogP contribution in [0.3, 0.4) is 0 Å². The van der Waals surface area contributed by atoms with Crippen molar-refractivity contribution in [3.63, 3.8) is 0 Å². The van der Waals surface area contributed by atoms with Crippen molar-refractivity contribution in [2.45, 2.75) is 45.1 Å². The van der Waals surface area contributed by atoms with E-state index >= 15 is 0 Å². The summed E-state index contributed by atoms with van der Waals surface area (Å²) >= 11 is 1.48. The number of aliphatic hydroxyl groups is 1. The highest BCUT2D eigenvalue weighted by Crippen LogP contribution is 2.25. The molecule has 1 aromatic rings. The minimum atomic E-state index is -3.49. The zero-order valence-electron chi connectivity index (χ0n) is 11.2. The van der Waals surface area contributed by atoms with Crippen LogP contribution in [0.4, 0.5) is 0 Å². The maximum Gasteiger partial charge on any atom is 0.241 e. The van der Waals surface area contributed by atoms with E-state index in [9.17, 15) is 8.42 Å². The van der Waals surface area contributed by atoms with E-state index in [2.05, 4.69) is 4.72 Å². The zero-order chi connectivity index (χ0) is 13.9. The molecule has 0 aliphatic rings. The van der Waals surface area contributed by atoms with Gasteiger partial charge >= 0.3 is 0 Å². The zero-order valence-corrected chi connectivity index (χ0v) is 12.9. The molecule has 0 aliphatic heterocycles. The van der Waals surface area contributed by atoms with E-state index in [1.54, 1.807) is 6.07 Å². The Morgan fingerprint density at radius 3 is 2.39 bits per heavy atom. The number of rotatable bonds is 6. The Hall–Kier alpha value is -0.430. The molecule has 1 heterocycles. The Kier molecular flexibility index (Phi) is 5.33. The maximum absolute atomic E-state index is 12.3. The lowest BCUT2D eigenvalue weighted by atomic mass is 10.0. The van der Waals surface area contributed by atoms with Gasteiger partial charge in [0.1, 0.15) is 0 Å². The number of hydrogen-bond donors (Lipinski definition) is 2. The van der Waals surface area contributed by atoms with Gasteiger partial charge in [-0.2, -0.15) is 0 Å². The fourth-order valence-electron chi connectivity index (χ4n) is 1.80. The number of aliphatic hydroxyl groups excluding tert-OH is 1. The Bertz CT molecular complexity index is 491. The lowest BCUT2D eigenvalue weighted by Crippen LogP contribution is -2.39. The lowest BCUT2D eigenvalue weighted by molar-refractivity contribution is 0.256. The van der Waals surface area contributed by atoms with E-state index < -0.39 is 10.0 Å². The molecular formula is C12H21NO3S2. The summed E-state index contributed by atoms with van der Waals surface area (Å²) in [6.07, 6.45) is 0.430. The van der Waals surface area contributed by atoms with Crippen LogP contribution < -0.4 is 4.72 Å². The molecule has 1 unspecified atom stereocenters. The van der Waals surface area contributed by atoms with E-state index in [1.165, 1.54) is 11.3 Å². The molecule has 0 aromatic carbocycles. The summed E-state index contributed by atoms with van der Waals surface area (Å²) in [5.74, 6) is 0.145. The Labute approximate surface area is 113 Å². The monoisotopic (exact) mass is 291 g/mol. The summed E-state index contributed by atoms with van der Waals surface area (Å²) in [6.45, 7) is 7.56. The molecule has 0 saturated carbocycles. The van der Waals surface area contributed by atoms with Gasteiger partial charge in [-0.1, -0.05) is 13.8 Å². The molecule has 104 valence electrons. The van der Waals surface area contributed by atoms with Gasteiger partial charge in [0.15, 0.2) is 0 Å². The second kappa shape index (κ2) is 6.14. The molecule has 0 aliphatic carbocycles. The topological polar surface area (TPSA) is 66.4 Å². The molecule has 0 fully saturated rings. The molecule has 18 heavy (non-hydrogen) atoms. The average molecular weight is 291 g/mol. The second-order valence-corrected chi connectivity index (χ2v) is 7.90. The molecule has 6 heteroatoms. The molecule has 4 nitrogen and oxygen atoms in total. The molecule has 0 saturated heterocycles. The van der Waals surface area contributed by atoms with Crippen molar-refractivity contribution in [2.75, 3.05) is 6.61 Å². The van der Waals surface area contributed by atoms with Crippen LogP contribution in [0.5, 0.6) is 0 Å². The largest absolute Gasteiger partial charge is 0.396 e. The Balaban J connectivity index is 2.97. The molecule has 1 aromatic heterocycles. The molecule has 0 bridgehead atoms. The first-order valence-electron chi connectivity index (χ1n) is 5.98. The van der Waals surface area contributed by atoms with Gasteiger partial charge in [0.25, 0.3) is 0 Å². The van der Waals surface area contributed by atoms with E-state index in [0.29, 0.717) is 11.3 Å². The highest BCUT2D eigenvalue weighted by Gasteiger charge is 2.24. The number of thiophene rings is 1. The molecule has 1 atom stereocenters. The summed E-state index contributed by atoms with van der Waals surface area (Å²) in [6, 6.07) is 1.46. The minimum absolute atomic E-state index is 0.0208. The third-order valence-corrected chi connectivity index (χ3v) is 5.55. The SMILES string of the molecule is Cc1cc(S(=O)(=O)NC(CCO)C(C)C)c(C)s1. The minimum Gasteiger partial charge on any atom is -0.396 e. The molecule has 1 rings (SSSR count). The second-order valence-electron chi connectivity index (χ2n) is 4.76. The predicted molar refractivity (Wildman–Crippen MR) is 74.4 cm³/mol. The Morgan fingerprint density at radius 1 is 1.39 bits per heavy atom. The lowest BCUT2D eigenvalue weighted by Gasteiger charge is -2.21. The van der Waals surface area contributed by atoms with Crippen molar-refractivity contribution in [3.05, 3.63) is 15.8 Å². The maximum atomic E-state index is 12.3. The molecule has 0 radical (unpaired) electrons. The van der Waals surface area contributed by atoms with Crippen LogP contribution in [-0.2, 0) is 10.0 Å². The first-order valence-corrected chi connectivity index (χ1v) is 8.28. The summed E-state index contributed by atoms with van der Waals surface area (Å²) < 4.78 is 27.2. The fourth-order valence-corrected chi connectivity index (χ4v) is 4.78. The number of sulfonamides is 1. The van der Waals surface area contributed by atoms with Gasteiger partial charge < -0.3 is 5.11 Å². The van der Waals surface area contributed by atoms with Crippen molar-refractivity contribution >= 4 is 21.4 Å². The molecule has 0 spiro atoms. The van der Waals surface area contributed by atoms with Crippen molar-refractivity contribution in [2.24, 2.45) is 5.92 Å². The normalized spacial score (nSPS) is 14.1. The standard InChI is InChI=1S/C12H21NO3S2/c1-8(2)11(5-6-14)13-18(15,16)12-7-9(3)17-10(12)4/h7-8,11,13-14H,5-6H2,1-4H3.